The lowest BCUT2D eigenvalue weighted by Crippen LogP contribution is -2.30. The van der Waals surface area contributed by atoms with Gasteiger partial charge in [-0.2, -0.15) is 5.10 Å². The quantitative estimate of drug-likeness (QED) is 0.743. The molecular formula is C17H16N4O2. The van der Waals surface area contributed by atoms with Crippen molar-refractivity contribution in [1.82, 2.24) is 19.5 Å². The molecule has 1 fully saturated rings. The molecule has 1 aliphatic rings. The maximum atomic E-state index is 12.7. The van der Waals surface area contributed by atoms with Gasteiger partial charge in [0.15, 0.2) is 0 Å². The Morgan fingerprint density at radius 2 is 2.13 bits per heavy atom. The molecule has 0 aliphatic carbocycles. The summed E-state index contributed by atoms with van der Waals surface area (Å²) < 4.78 is 7.55. The van der Waals surface area contributed by atoms with E-state index in [0.29, 0.717) is 24.5 Å². The zero-order valence-corrected chi connectivity index (χ0v) is 12.5. The normalized spacial score (nSPS) is 17.6. The van der Waals surface area contributed by atoms with Gasteiger partial charge in [-0.3, -0.25) is 4.79 Å². The van der Waals surface area contributed by atoms with Crippen LogP contribution in [0.3, 0.4) is 0 Å². The monoisotopic (exact) mass is 308 g/mol. The van der Waals surface area contributed by atoms with E-state index in [0.717, 1.165) is 11.9 Å². The van der Waals surface area contributed by atoms with E-state index in [1.807, 2.05) is 47.5 Å². The number of carbonyl (C=O) groups is 1. The average molecular weight is 308 g/mol. The summed E-state index contributed by atoms with van der Waals surface area (Å²) in [6, 6.07) is 11.3. The number of amides is 1. The summed E-state index contributed by atoms with van der Waals surface area (Å²) in [5.41, 5.74) is 1.45. The largest absolute Gasteiger partial charge is 0.472 e. The molecule has 23 heavy (non-hydrogen) atoms. The standard InChI is InChI=1S/C17H16N4O2/c22-17(14-11-19-21-9-4-2-5-15(14)21)20-10-7-13(12-20)23-16-6-1-3-8-18-16/h1-6,8-9,11,13H,7,10,12H2. The zero-order chi connectivity index (χ0) is 15.6. The predicted molar refractivity (Wildman–Crippen MR) is 84.4 cm³/mol. The van der Waals surface area contributed by atoms with Gasteiger partial charge in [0.05, 0.1) is 23.8 Å². The molecular weight excluding hydrogens is 292 g/mol. The highest BCUT2D eigenvalue weighted by Crippen LogP contribution is 2.20. The molecule has 1 aliphatic heterocycles. The third-order valence-corrected chi connectivity index (χ3v) is 4.01. The van der Waals surface area contributed by atoms with E-state index in [-0.39, 0.29) is 12.0 Å². The molecule has 1 unspecified atom stereocenters. The van der Waals surface area contributed by atoms with Crippen LogP contribution in [0.5, 0.6) is 5.88 Å². The first kappa shape index (κ1) is 13.8. The maximum absolute atomic E-state index is 12.7. The number of hydrogen-bond acceptors (Lipinski definition) is 4. The Morgan fingerprint density at radius 1 is 1.22 bits per heavy atom. The van der Waals surface area contributed by atoms with Crippen LogP contribution in [0.1, 0.15) is 16.8 Å². The topological polar surface area (TPSA) is 59.7 Å². The van der Waals surface area contributed by atoms with Crippen molar-refractivity contribution >= 4 is 11.4 Å². The van der Waals surface area contributed by atoms with Crippen molar-refractivity contribution in [2.45, 2.75) is 12.5 Å². The van der Waals surface area contributed by atoms with E-state index in [9.17, 15) is 4.79 Å². The highest BCUT2D eigenvalue weighted by atomic mass is 16.5. The summed E-state index contributed by atoms with van der Waals surface area (Å²) in [5.74, 6) is 0.598. The summed E-state index contributed by atoms with van der Waals surface area (Å²) in [5, 5.41) is 4.23. The van der Waals surface area contributed by atoms with Gasteiger partial charge in [0.1, 0.15) is 6.10 Å². The molecule has 0 spiro atoms. The summed E-state index contributed by atoms with van der Waals surface area (Å²) in [7, 11) is 0. The van der Waals surface area contributed by atoms with Crippen molar-refractivity contribution in [3.63, 3.8) is 0 Å². The Bertz CT molecular complexity index is 831. The van der Waals surface area contributed by atoms with Crippen LogP contribution < -0.4 is 4.74 Å². The molecule has 0 radical (unpaired) electrons. The summed E-state index contributed by atoms with van der Waals surface area (Å²) in [6.07, 6.45) is 5.96. The molecule has 1 atom stereocenters. The van der Waals surface area contributed by atoms with Crippen molar-refractivity contribution < 1.29 is 9.53 Å². The molecule has 6 heteroatoms. The van der Waals surface area contributed by atoms with Crippen molar-refractivity contribution in [1.29, 1.82) is 0 Å². The van der Waals surface area contributed by atoms with Crippen LogP contribution in [-0.4, -0.2) is 44.6 Å². The van der Waals surface area contributed by atoms with Crippen molar-refractivity contribution in [3.05, 3.63) is 60.6 Å². The second-order valence-electron chi connectivity index (χ2n) is 5.54. The van der Waals surface area contributed by atoms with Crippen LogP contribution in [0.15, 0.2) is 55.0 Å². The molecule has 1 amide bonds. The van der Waals surface area contributed by atoms with Gasteiger partial charge in [-0.05, 0) is 18.2 Å². The van der Waals surface area contributed by atoms with E-state index in [1.165, 1.54) is 0 Å². The lowest BCUT2D eigenvalue weighted by Gasteiger charge is -2.16. The van der Waals surface area contributed by atoms with Crippen molar-refractivity contribution in [2.75, 3.05) is 13.1 Å². The molecule has 0 N–H and O–H groups in total. The van der Waals surface area contributed by atoms with E-state index < -0.39 is 0 Å². The fourth-order valence-corrected chi connectivity index (χ4v) is 2.87. The molecule has 0 aromatic carbocycles. The molecule has 0 saturated carbocycles. The Morgan fingerprint density at radius 3 is 3.00 bits per heavy atom. The first-order valence-corrected chi connectivity index (χ1v) is 7.60. The molecule has 1 saturated heterocycles. The first-order chi connectivity index (χ1) is 11.3. The highest BCUT2D eigenvalue weighted by molar-refractivity contribution is 6.00. The SMILES string of the molecule is O=C(c1cnn2ccccc12)N1CCC(Oc2ccccn2)C1. The summed E-state index contributed by atoms with van der Waals surface area (Å²) >= 11 is 0. The number of nitrogens with zero attached hydrogens (tertiary/aromatic N) is 4. The molecule has 4 rings (SSSR count). The Balaban J connectivity index is 1.48. The lowest BCUT2D eigenvalue weighted by molar-refractivity contribution is 0.0773. The molecule has 3 aromatic heterocycles. The number of pyridine rings is 2. The van der Waals surface area contributed by atoms with Gasteiger partial charge >= 0.3 is 0 Å². The van der Waals surface area contributed by atoms with Crippen LogP contribution in [0.2, 0.25) is 0 Å². The van der Waals surface area contributed by atoms with Gasteiger partial charge in [-0.25, -0.2) is 9.50 Å². The fraction of sp³-hybridized carbons (Fsp3) is 0.235. The average Bonchev–Trinajstić information content (AvgIpc) is 3.22. The van der Waals surface area contributed by atoms with Gasteiger partial charge in [0.2, 0.25) is 5.88 Å². The molecule has 3 aromatic rings. The smallest absolute Gasteiger partial charge is 0.257 e. The van der Waals surface area contributed by atoms with E-state index in [1.54, 1.807) is 16.9 Å². The number of hydrogen-bond donors (Lipinski definition) is 0. The van der Waals surface area contributed by atoms with E-state index in [4.69, 9.17) is 4.74 Å². The summed E-state index contributed by atoms with van der Waals surface area (Å²) in [6.45, 7) is 1.25. The highest BCUT2D eigenvalue weighted by Gasteiger charge is 2.29. The van der Waals surface area contributed by atoms with Gasteiger partial charge < -0.3 is 9.64 Å². The Hall–Kier alpha value is -2.89. The summed E-state index contributed by atoms with van der Waals surface area (Å²) in [4.78, 5) is 18.7. The lowest BCUT2D eigenvalue weighted by atomic mass is 10.2. The molecule has 116 valence electrons. The number of aromatic nitrogens is 3. The van der Waals surface area contributed by atoms with Gasteiger partial charge in [0, 0.05) is 31.4 Å². The van der Waals surface area contributed by atoms with Gasteiger partial charge in [0.25, 0.3) is 5.91 Å². The Kier molecular flexibility index (Phi) is 3.42. The Labute approximate surface area is 133 Å². The first-order valence-electron chi connectivity index (χ1n) is 7.60. The number of rotatable bonds is 3. The second-order valence-corrected chi connectivity index (χ2v) is 5.54. The third kappa shape index (κ3) is 2.63. The van der Waals surface area contributed by atoms with Crippen LogP contribution in [0.4, 0.5) is 0 Å². The zero-order valence-electron chi connectivity index (χ0n) is 12.5. The number of carbonyl (C=O) groups excluding carboxylic acids is 1. The maximum Gasteiger partial charge on any atom is 0.257 e. The fourth-order valence-electron chi connectivity index (χ4n) is 2.87. The minimum atomic E-state index is -0.0179. The van der Waals surface area contributed by atoms with Crippen molar-refractivity contribution in [2.24, 2.45) is 0 Å². The van der Waals surface area contributed by atoms with Crippen LogP contribution in [-0.2, 0) is 0 Å². The van der Waals surface area contributed by atoms with Crippen molar-refractivity contribution in [3.8, 4) is 5.88 Å². The van der Waals surface area contributed by atoms with Crippen LogP contribution in [0.25, 0.3) is 5.52 Å². The van der Waals surface area contributed by atoms with Crippen LogP contribution in [0, 0.1) is 0 Å². The number of ether oxygens (including phenoxy) is 1. The van der Waals surface area contributed by atoms with E-state index >= 15 is 0 Å². The van der Waals surface area contributed by atoms with Crippen LogP contribution >= 0.6 is 0 Å². The molecule has 4 heterocycles. The minimum absolute atomic E-state index is 0.00155. The number of fused-ring (bicyclic) bond motifs is 1. The molecule has 0 bridgehead atoms. The van der Waals surface area contributed by atoms with Gasteiger partial charge in [-0.15, -0.1) is 0 Å². The molecule has 6 nitrogen and oxygen atoms in total. The number of likely N-dealkylation sites (tertiary alicyclic amines) is 1. The third-order valence-electron chi connectivity index (χ3n) is 4.01. The predicted octanol–water partition coefficient (Wildman–Crippen LogP) is 2.02. The minimum Gasteiger partial charge on any atom is -0.472 e. The van der Waals surface area contributed by atoms with Gasteiger partial charge in [-0.1, -0.05) is 12.1 Å². The van der Waals surface area contributed by atoms with E-state index in [2.05, 4.69) is 10.1 Å². The second kappa shape index (κ2) is 5.72.